The SMILES string of the molecule is CC(=O)NCc1cnc(C)nc1[C@@H]1CCCN1Cc1csc(C)n1. The maximum absolute atomic E-state index is 11.3. The maximum Gasteiger partial charge on any atom is 0.217 e. The van der Waals surface area contributed by atoms with E-state index >= 15 is 0 Å². The van der Waals surface area contributed by atoms with E-state index in [9.17, 15) is 4.79 Å². The Morgan fingerprint density at radius 1 is 1.42 bits per heavy atom. The van der Waals surface area contributed by atoms with Gasteiger partial charge < -0.3 is 5.32 Å². The number of hydrogen-bond donors (Lipinski definition) is 1. The highest BCUT2D eigenvalue weighted by Crippen LogP contribution is 2.34. The molecule has 0 aliphatic carbocycles. The van der Waals surface area contributed by atoms with Gasteiger partial charge in [-0.15, -0.1) is 11.3 Å². The molecule has 2 aromatic rings. The van der Waals surface area contributed by atoms with Crippen LogP contribution in [0.15, 0.2) is 11.6 Å². The second kappa shape index (κ2) is 7.36. The molecule has 0 aromatic carbocycles. The van der Waals surface area contributed by atoms with Crippen LogP contribution in [0.25, 0.3) is 0 Å². The first-order chi connectivity index (χ1) is 11.5. The van der Waals surface area contributed by atoms with E-state index in [-0.39, 0.29) is 11.9 Å². The Morgan fingerprint density at radius 3 is 2.96 bits per heavy atom. The van der Waals surface area contributed by atoms with Crippen LogP contribution < -0.4 is 5.32 Å². The van der Waals surface area contributed by atoms with Gasteiger partial charge in [0.2, 0.25) is 5.91 Å². The van der Waals surface area contributed by atoms with Crippen LogP contribution in [0.2, 0.25) is 0 Å². The van der Waals surface area contributed by atoms with Crippen LogP contribution in [0.1, 0.15) is 53.6 Å². The van der Waals surface area contributed by atoms with Gasteiger partial charge in [-0.3, -0.25) is 9.69 Å². The number of nitrogens with zero attached hydrogens (tertiary/aromatic N) is 4. The van der Waals surface area contributed by atoms with Gasteiger partial charge in [0.1, 0.15) is 5.82 Å². The first-order valence-electron chi connectivity index (χ1n) is 8.25. The van der Waals surface area contributed by atoms with Crippen LogP contribution in [0.4, 0.5) is 0 Å². The topological polar surface area (TPSA) is 71.0 Å². The molecule has 1 fully saturated rings. The zero-order chi connectivity index (χ0) is 17.1. The molecule has 1 atom stereocenters. The van der Waals surface area contributed by atoms with Gasteiger partial charge in [0.25, 0.3) is 0 Å². The number of amides is 1. The summed E-state index contributed by atoms with van der Waals surface area (Å²) in [5, 5.41) is 6.10. The molecule has 3 rings (SSSR count). The highest BCUT2D eigenvalue weighted by molar-refractivity contribution is 7.09. The number of likely N-dealkylation sites (tertiary alicyclic amines) is 1. The summed E-state index contributed by atoms with van der Waals surface area (Å²) in [7, 11) is 0. The number of hydrogen-bond acceptors (Lipinski definition) is 6. The zero-order valence-corrected chi connectivity index (χ0v) is 15.2. The monoisotopic (exact) mass is 345 g/mol. The Kier molecular flexibility index (Phi) is 5.20. The third-order valence-corrected chi connectivity index (χ3v) is 5.08. The molecule has 7 heteroatoms. The summed E-state index contributed by atoms with van der Waals surface area (Å²) in [6.07, 6.45) is 4.07. The van der Waals surface area contributed by atoms with Gasteiger partial charge in [-0.05, 0) is 33.2 Å². The fourth-order valence-electron chi connectivity index (χ4n) is 3.17. The quantitative estimate of drug-likeness (QED) is 0.902. The number of rotatable bonds is 5. The molecule has 24 heavy (non-hydrogen) atoms. The van der Waals surface area contributed by atoms with Crippen LogP contribution in [0.3, 0.4) is 0 Å². The van der Waals surface area contributed by atoms with Crippen molar-refractivity contribution in [2.24, 2.45) is 0 Å². The summed E-state index contributed by atoms with van der Waals surface area (Å²) in [4.78, 5) is 27.3. The highest BCUT2D eigenvalue weighted by Gasteiger charge is 2.29. The molecule has 1 N–H and O–H groups in total. The molecule has 1 aliphatic heterocycles. The molecule has 0 saturated carbocycles. The minimum Gasteiger partial charge on any atom is -0.352 e. The highest BCUT2D eigenvalue weighted by atomic mass is 32.1. The van der Waals surface area contributed by atoms with Crippen molar-refractivity contribution in [3.63, 3.8) is 0 Å². The lowest BCUT2D eigenvalue weighted by molar-refractivity contribution is -0.119. The molecule has 0 spiro atoms. The first kappa shape index (κ1) is 17.0. The first-order valence-corrected chi connectivity index (χ1v) is 9.13. The normalized spacial score (nSPS) is 18.0. The maximum atomic E-state index is 11.3. The summed E-state index contributed by atoms with van der Waals surface area (Å²) in [6, 6.07) is 0.262. The summed E-state index contributed by atoms with van der Waals surface area (Å²) in [5.41, 5.74) is 3.17. The third-order valence-electron chi connectivity index (χ3n) is 4.26. The lowest BCUT2D eigenvalue weighted by atomic mass is 10.1. The van der Waals surface area contributed by atoms with Crippen molar-refractivity contribution < 1.29 is 4.79 Å². The van der Waals surface area contributed by atoms with Gasteiger partial charge in [-0.25, -0.2) is 15.0 Å². The number of nitrogens with one attached hydrogen (secondary N) is 1. The summed E-state index contributed by atoms with van der Waals surface area (Å²) >= 11 is 1.69. The Morgan fingerprint density at radius 2 is 2.25 bits per heavy atom. The van der Waals surface area contributed by atoms with Gasteiger partial charge in [-0.1, -0.05) is 0 Å². The number of carbonyl (C=O) groups excluding carboxylic acids is 1. The molecule has 3 heterocycles. The predicted molar refractivity (Wildman–Crippen MR) is 93.5 cm³/mol. The van der Waals surface area contributed by atoms with E-state index in [4.69, 9.17) is 4.98 Å². The van der Waals surface area contributed by atoms with Gasteiger partial charge in [0.15, 0.2) is 0 Å². The molecular formula is C17H23N5OS. The number of aromatic nitrogens is 3. The summed E-state index contributed by atoms with van der Waals surface area (Å²) in [6.45, 7) is 7.84. The van der Waals surface area contributed by atoms with Crippen LogP contribution in [0.5, 0.6) is 0 Å². The number of thiazole rings is 1. The van der Waals surface area contributed by atoms with Gasteiger partial charge >= 0.3 is 0 Å². The van der Waals surface area contributed by atoms with Crippen LogP contribution in [-0.4, -0.2) is 32.3 Å². The van der Waals surface area contributed by atoms with Crippen molar-refractivity contribution in [3.8, 4) is 0 Å². The fraction of sp³-hybridized carbons (Fsp3) is 0.529. The molecular weight excluding hydrogens is 322 g/mol. The van der Waals surface area contributed by atoms with Crippen molar-refractivity contribution in [3.05, 3.63) is 39.4 Å². The number of carbonyl (C=O) groups is 1. The number of aryl methyl sites for hydroxylation is 2. The minimum absolute atomic E-state index is 0.0391. The molecule has 1 aliphatic rings. The van der Waals surface area contributed by atoms with Crippen LogP contribution >= 0.6 is 11.3 Å². The van der Waals surface area contributed by atoms with E-state index in [1.165, 1.54) is 6.92 Å². The minimum atomic E-state index is -0.0391. The Balaban J connectivity index is 1.82. The molecule has 2 aromatic heterocycles. The van der Waals surface area contributed by atoms with Crippen molar-refractivity contribution in [1.82, 2.24) is 25.2 Å². The second-order valence-corrected chi connectivity index (χ2v) is 7.29. The molecule has 0 unspecified atom stereocenters. The standard InChI is InChI=1S/C17H23N5OS/c1-11-18-7-14(8-19-12(2)23)17(20-11)16-5-4-6-22(16)9-15-10-24-13(3)21-15/h7,10,16H,4-6,8-9H2,1-3H3,(H,19,23)/t16-/m0/s1. The third kappa shape index (κ3) is 3.96. The Hall–Kier alpha value is -1.86. The zero-order valence-electron chi connectivity index (χ0n) is 14.4. The van der Waals surface area contributed by atoms with Crippen LogP contribution in [-0.2, 0) is 17.9 Å². The van der Waals surface area contributed by atoms with E-state index in [0.717, 1.165) is 53.7 Å². The largest absolute Gasteiger partial charge is 0.352 e. The van der Waals surface area contributed by atoms with Gasteiger partial charge in [-0.2, -0.15) is 0 Å². The smallest absolute Gasteiger partial charge is 0.217 e. The van der Waals surface area contributed by atoms with E-state index in [0.29, 0.717) is 6.54 Å². The predicted octanol–water partition coefficient (Wildman–Crippen LogP) is 2.52. The van der Waals surface area contributed by atoms with Crippen molar-refractivity contribution in [1.29, 1.82) is 0 Å². The lowest BCUT2D eigenvalue weighted by Gasteiger charge is -2.25. The average molecular weight is 345 g/mol. The van der Waals surface area contributed by atoms with Crippen molar-refractivity contribution >= 4 is 17.2 Å². The average Bonchev–Trinajstić information content (AvgIpc) is 3.15. The second-order valence-electron chi connectivity index (χ2n) is 6.22. The van der Waals surface area contributed by atoms with Crippen molar-refractivity contribution in [2.75, 3.05) is 6.54 Å². The van der Waals surface area contributed by atoms with E-state index in [1.54, 1.807) is 11.3 Å². The molecule has 6 nitrogen and oxygen atoms in total. The molecule has 0 bridgehead atoms. The Labute approximate surface area is 146 Å². The fourth-order valence-corrected chi connectivity index (χ4v) is 3.77. The molecule has 1 saturated heterocycles. The summed E-state index contributed by atoms with van der Waals surface area (Å²) < 4.78 is 0. The Bertz CT molecular complexity index is 730. The van der Waals surface area contributed by atoms with E-state index in [1.807, 2.05) is 20.0 Å². The van der Waals surface area contributed by atoms with Crippen molar-refractivity contribution in [2.45, 2.75) is 52.7 Å². The van der Waals surface area contributed by atoms with Gasteiger partial charge in [0, 0.05) is 37.2 Å². The summed E-state index contributed by atoms with van der Waals surface area (Å²) in [5.74, 6) is 0.732. The van der Waals surface area contributed by atoms with Gasteiger partial charge in [0.05, 0.1) is 22.4 Å². The van der Waals surface area contributed by atoms with E-state index < -0.39 is 0 Å². The lowest BCUT2D eigenvalue weighted by Crippen LogP contribution is -2.27. The van der Waals surface area contributed by atoms with Crippen LogP contribution in [0, 0.1) is 13.8 Å². The molecule has 128 valence electrons. The molecule has 1 amide bonds. The molecule has 0 radical (unpaired) electrons. The van der Waals surface area contributed by atoms with E-state index in [2.05, 4.69) is 25.6 Å².